The summed E-state index contributed by atoms with van der Waals surface area (Å²) in [6.07, 6.45) is -2.55. The first kappa shape index (κ1) is 22.0. The lowest BCUT2D eigenvalue weighted by atomic mass is 9.85. The maximum atomic E-state index is 12.6. The van der Waals surface area contributed by atoms with Gasteiger partial charge in [0.05, 0.1) is 26.9 Å². The van der Waals surface area contributed by atoms with Crippen LogP contribution in [0.4, 0.5) is 0 Å². The van der Waals surface area contributed by atoms with Gasteiger partial charge in [0.2, 0.25) is 5.60 Å². The van der Waals surface area contributed by atoms with Crippen molar-refractivity contribution >= 4 is 17.9 Å². The summed E-state index contributed by atoms with van der Waals surface area (Å²) in [7, 11) is 4.26. The predicted octanol–water partition coefficient (Wildman–Crippen LogP) is -0.935. The molecule has 0 aromatic carbocycles. The van der Waals surface area contributed by atoms with E-state index in [0.717, 1.165) is 21.3 Å². The highest BCUT2D eigenvalue weighted by Gasteiger charge is 2.69. The lowest BCUT2D eigenvalue weighted by Crippen LogP contribution is -2.54. The van der Waals surface area contributed by atoms with Gasteiger partial charge in [-0.1, -0.05) is 13.3 Å². The molecule has 0 amide bonds. The van der Waals surface area contributed by atoms with Crippen LogP contribution < -0.4 is 0 Å². The van der Waals surface area contributed by atoms with Crippen molar-refractivity contribution in [3.8, 4) is 0 Å². The standard InChI is InChI=1S/C16H24O10/c1-6-7-15(25-5)11(18)12(19)16(26-15,14(21)24-4)9(13(20)23-3)8-10(17)22-2/h8,11-12,18-19H,6-7H2,1-5H3/t11-,12-,15-,16+/m1/s1. The number of carbonyl (C=O) groups is 3. The highest BCUT2D eigenvalue weighted by atomic mass is 16.7. The number of aliphatic hydroxyl groups is 2. The lowest BCUT2D eigenvalue weighted by Gasteiger charge is -2.33. The Balaban J connectivity index is 3.70. The van der Waals surface area contributed by atoms with E-state index in [0.29, 0.717) is 12.5 Å². The van der Waals surface area contributed by atoms with Crippen molar-refractivity contribution < 1.29 is 48.3 Å². The van der Waals surface area contributed by atoms with Crippen LogP contribution in [0, 0.1) is 0 Å². The minimum atomic E-state index is -2.55. The molecular weight excluding hydrogens is 352 g/mol. The van der Waals surface area contributed by atoms with Crippen LogP contribution in [0.25, 0.3) is 0 Å². The van der Waals surface area contributed by atoms with Gasteiger partial charge in [-0.25, -0.2) is 14.4 Å². The van der Waals surface area contributed by atoms with Crippen molar-refractivity contribution in [1.82, 2.24) is 0 Å². The molecule has 2 N–H and O–H groups in total. The van der Waals surface area contributed by atoms with Gasteiger partial charge in [-0.2, -0.15) is 0 Å². The van der Waals surface area contributed by atoms with E-state index < -0.39 is 47.1 Å². The fourth-order valence-corrected chi connectivity index (χ4v) is 2.91. The number of aliphatic hydroxyl groups excluding tert-OH is 2. The molecule has 10 heteroatoms. The van der Waals surface area contributed by atoms with Crippen LogP contribution in [-0.4, -0.2) is 80.2 Å². The Morgan fingerprint density at radius 1 is 1.04 bits per heavy atom. The van der Waals surface area contributed by atoms with Gasteiger partial charge in [0.1, 0.15) is 12.2 Å². The first-order valence-electron chi connectivity index (χ1n) is 7.79. The Morgan fingerprint density at radius 2 is 1.65 bits per heavy atom. The van der Waals surface area contributed by atoms with Crippen molar-refractivity contribution in [2.24, 2.45) is 0 Å². The average Bonchev–Trinajstić information content (AvgIpc) is 2.88. The highest BCUT2D eigenvalue weighted by molar-refractivity contribution is 6.05. The topological polar surface area (TPSA) is 138 Å². The first-order valence-corrected chi connectivity index (χ1v) is 7.79. The summed E-state index contributed by atoms with van der Waals surface area (Å²) in [5, 5.41) is 21.2. The molecule has 0 aromatic rings. The Labute approximate surface area is 150 Å². The largest absolute Gasteiger partial charge is 0.467 e. The second kappa shape index (κ2) is 8.58. The third-order valence-electron chi connectivity index (χ3n) is 4.20. The van der Waals surface area contributed by atoms with Gasteiger partial charge in [-0.15, -0.1) is 0 Å². The van der Waals surface area contributed by atoms with Crippen molar-refractivity contribution in [1.29, 1.82) is 0 Å². The van der Waals surface area contributed by atoms with E-state index in [9.17, 15) is 24.6 Å². The fraction of sp³-hybridized carbons (Fsp3) is 0.688. The van der Waals surface area contributed by atoms with Gasteiger partial charge in [-0.05, 0) is 0 Å². The maximum absolute atomic E-state index is 12.6. The molecule has 0 bridgehead atoms. The zero-order valence-electron chi connectivity index (χ0n) is 15.3. The fourth-order valence-electron chi connectivity index (χ4n) is 2.91. The zero-order valence-corrected chi connectivity index (χ0v) is 15.3. The van der Waals surface area contributed by atoms with E-state index in [1.54, 1.807) is 6.92 Å². The molecule has 0 radical (unpaired) electrons. The summed E-state index contributed by atoms with van der Waals surface area (Å²) in [5.41, 5.74) is -3.25. The molecule has 0 spiro atoms. The number of esters is 3. The van der Waals surface area contributed by atoms with Crippen LogP contribution in [0.5, 0.6) is 0 Å². The Kier molecular flexibility index (Phi) is 7.27. The minimum absolute atomic E-state index is 0.0765. The maximum Gasteiger partial charge on any atom is 0.346 e. The summed E-state index contributed by atoms with van der Waals surface area (Å²) >= 11 is 0. The SMILES string of the molecule is CCC[C@@]1(OC)O[C@@](C(=O)OC)(C(=CC(=O)OC)C(=O)OC)[C@H](O)[C@H]1O. The molecule has 26 heavy (non-hydrogen) atoms. The lowest BCUT2D eigenvalue weighted by molar-refractivity contribution is -0.262. The smallest absolute Gasteiger partial charge is 0.346 e. The number of hydrogen-bond acceptors (Lipinski definition) is 10. The van der Waals surface area contributed by atoms with E-state index in [-0.39, 0.29) is 6.42 Å². The van der Waals surface area contributed by atoms with Crippen molar-refractivity contribution in [2.45, 2.75) is 43.4 Å². The monoisotopic (exact) mass is 376 g/mol. The van der Waals surface area contributed by atoms with Gasteiger partial charge < -0.3 is 33.9 Å². The summed E-state index contributed by atoms with van der Waals surface area (Å²) in [5.74, 6) is -5.20. The second-order valence-electron chi connectivity index (χ2n) is 5.56. The molecule has 0 aliphatic carbocycles. The summed E-state index contributed by atoms with van der Waals surface area (Å²) in [6, 6.07) is 0. The molecule has 4 atom stereocenters. The number of methoxy groups -OCH3 is 4. The average molecular weight is 376 g/mol. The van der Waals surface area contributed by atoms with Gasteiger partial charge in [0, 0.05) is 19.6 Å². The third-order valence-corrected chi connectivity index (χ3v) is 4.20. The molecule has 1 saturated heterocycles. The van der Waals surface area contributed by atoms with E-state index in [2.05, 4.69) is 14.2 Å². The number of carbonyl (C=O) groups excluding carboxylic acids is 3. The normalized spacial score (nSPS) is 31.4. The molecule has 1 fully saturated rings. The van der Waals surface area contributed by atoms with Crippen LogP contribution in [0.3, 0.4) is 0 Å². The Bertz CT molecular complexity index is 586. The first-order chi connectivity index (χ1) is 12.2. The molecular formula is C16H24O10. The zero-order chi connectivity index (χ0) is 20.1. The van der Waals surface area contributed by atoms with E-state index in [1.807, 2.05) is 0 Å². The van der Waals surface area contributed by atoms with E-state index in [1.165, 1.54) is 7.11 Å². The van der Waals surface area contributed by atoms with Crippen molar-refractivity contribution in [2.75, 3.05) is 28.4 Å². The third kappa shape index (κ3) is 3.45. The van der Waals surface area contributed by atoms with Crippen LogP contribution in [0.2, 0.25) is 0 Å². The van der Waals surface area contributed by atoms with Gasteiger partial charge in [0.25, 0.3) is 0 Å². The quantitative estimate of drug-likeness (QED) is 0.325. The van der Waals surface area contributed by atoms with Crippen LogP contribution in [-0.2, 0) is 38.1 Å². The molecule has 1 aliphatic heterocycles. The molecule has 0 aromatic heterocycles. The summed E-state index contributed by atoms with van der Waals surface area (Å²) < 4.78 is 24.6. The van der Waals surface area contributed by atoms with Crippen molar-refractivity contribution in [3.05, 3.63) is 11.6 Å². The molecule has 0 saturated carbocycles. The second-order valence-corrected chi connectivity index (χ2v) is 5.56. The van der Waals surface area contributed by atoms with Crippen LogP contribution >= 0.6 is 0 Å². The molecule has 0 unspecified atom stereocenters. The van der Waals surface area contributed by atoms with Crippen LogP contribution in [0.1, 0.15) is 19.8 Å². The van der Waals surface area contributed by atoms with Crippen molar-refractivity contribution in [3.63, 3.8) is 0 Å². The van der Waals surface area contributed by atoms with Gasteiger partial charge >= 0.3 is 17.9 Å². The Morgan fingerprint density at radius 3 is 2.08 bits per heavy atom. The number of ether oxygens (including phenoxy) is 5. The predicted molar refractivity (Wildman–Crippen MR) is 84.6 cm³/mol. The molecule has 1 rings (SSSR count). The molecule has 10 nitrogen and oxygen atoms in total. The van der Waals surface area contributed by atoms with E-state index in [4.69, 9.17) is 9.47 Å². The number of hydrogen-bond donors (Lipinski definition) is 2. The minimum Gasteiger partial charge on any atom is -0.467 e. The summed E-state index contributed by atoms with van der Waals surface area (Å²) in [4.78, 5) is 36.5. The van der Waals surface area contributed by atoms with Gasteiger partial charge in [-0.3, -0.25) is 0 Å². The molecule has 148 valence electrons. The number of rotatable bonds is 7. The molecule has 1 heterocycles. The van der Waals surface area contributed by atoms with Crippen LogP contribution in [0.15, 0.2) is 11.6 Å². The summed E-state index contributed by atoms with van der Waals surface area (Å²) in [6.45, 7) is 1.76. The highest BCUT2D eigenvalue weighted by Crippen LogP contribution is 2.46. The van der Waals surface area contributed by atoms with E-state index >= 15 is 0 Å². The Hall–Kier alpha value is -2.01. The molecule has 1 aliphatic rings. The van der Waals surface area contributed by atoms with Gasteiger partial charge in [0.15, 0.2) is 5.79 Å².